The van der Waals surface area contributed by atoms with Gasteiger partial charge in [-0.05, 0) is 18.6 Å². The Balaban J connectivity index is 2.94. The van der Waals surface area contributed by atoms with E-state index in [-0.39, 0.29) is 5.91 Å². The van der Waals surface area contributed by atoms with Gasteiger partial charge in [-0.2, -0.15) is 0 Å². The number of aryl methyl sites for hydroxylation is 1. The highest BCUT2D eigenvalue weighted by Gasteiger charge is 2.05. The predicted molar refractivity (Wildman–Crippen MR) is 44.7 cm³/mol. The zero-order valence-corrected chi connectivity index (χ0v) is 6.70. The number of hydrogen-bond acceptors (Lipinski definition) is 2. The quantitative estimate of drug-likeness (QED) is 0.658. The molecule has 1 N–H and O–H groups in total. The zero-order chi connectivity index (χ0) is 8.97. The van der Waals surface area contributed by atoms with Crippen LogP contribution in [0.4, 0.5) is 0 Å². The van der Waals surface area contributed by atoms with Gasteiger partial charge in [-0.3, -0.25) is 14.9 Å². The van der Waals surface area contributed by atoms with Crippen molar-refractivity contribution in [2.45, 2.75) is 6.92 Å². The van der Waals surface area contributed by atoms with Gasteiger partial charge in [-0.15, -0.1) is 0 Å². The Bertz CT molecular complexity index is 307. The molecule has 12 heavy (non-hydrogen) atoms. The lowest BCUT2D eigenvalue weighted by molar-refractivity contribution is -0.108. The molecule has 0 aromatic heterocycles. The minimum absolute atomic E-state index is 0.358. The molecular formula is C9H9NO2. The van der Waals surface area contributed by atoms with Crippen LogP contribution in [0.3, 0.4) is 0 Å². The molecule has 0 unspecified atom stereocenters. The Kier molecular flexibility index (Phi) is 2.58. The van der Waals surface area contributed by atoms with Gasteiger partial charge in [0.1, 0.15) is 0 Å². The monoisotopic (exact) mass is 163 g/mol. The first kappa shape index (κ1) is 8.46. The number of nitrogens with one attached hydrogen (secondary N) is 1. The summed E-state index contributed by atoms with van der Waals surface area (Å²) in [6.07, 6.45) is 0.384. The first-order valence-electron chi connectivity index (χ1n) is 3.56. The summed E-state index contributed by atoms with van der Waals surface area (Å²) in [4.78, 5) is 21.1. The summed E-state index contributed by atoms with van der Waals surface area (Å²) >= 11 is 0. The van der Waals surface area contributed by atoms with Crippen LogP contribution in [-0.2, 0) is 4.79 Å². The number of rotatable bonds is 2. The Hall–Kier alpha value is -1.64. The van der Waals surface area contributed by atoms with Gasteiger partial charge in [-0.1, -0.05) is 18.2 Å². The first-order valence-corrected chi connectivity index (χ1v) is 3.56. The number of hydrogen-bond donors (Lipinski definition) is 1. The van der Waals surface area contributed by atoms with E-state index in [1.54, 1.807) is 12.1 Å². The molecule has 1 rings (SSSR count). The molecule has 0 saturated carbocycles. The Morgan fingerprint density at radius 1 is 1.42 bits per heavy atom. The molecule has 0 bridgehead atoms. The van der Waals surface area contributed by atoms with Gasteiger partial charge in [0.05, 0.1) is 0 Å². The molecule has 0 spiro atoms. The number of benzene rings is 1. The average molecular weight is 163 g/mol. The molecule has 0 saturated heterocycles. The second-order valence-electron chi connectivity index (χ2n) is 2.41. The van der Waals surface area contributed by atoms with Crippen molar-refractivity contribution < 1.29 is 9.59 Å². The minimum Gasteiger partial charge on any atom is -0.295 e. The van der Waals surface area contributed by atoms with Crippen LogP contribution in [0.15, 0.2) is 24.3 Å². The number of carbonyl (C=O) groups excluding carboxylic acids is 2. The Morgan fingerprint density at radius 2 is 2.08 bits per heavy atom. The number of carbonyl (C=O) groups is 2. The van der Waals surface area contributed by atoms with E-state index in [1.165, 1.54) is 0 Å². The van der Waals surface area contributed by atoms with Crippen LogP contribution >= 0.6 is 0 Å². The highest BCUT2D eigenvalue weighted by atomic mass is 16.2. The number of amides is 2. The SMILES string of the molecule is Cc1ccccc1C(=O)NC=O. The van der Waals surface area contributed by atoms with Crippen molar-refractivity contribution in [2.24, 2.45) is 0 Å². The maximum absolute atomic E-state index is 11.1. The van der Waals surface area contributed by atoms with Crippen molar-refractivity contribution >= 4 is 12.3 Å². The summed E-state index contributed by atoms with van der Waals surface area (Å²) in [5.41, 5.74) is 1.39. The lowest BCUT2D eigenvalue weighted by atomic mass is 10.1. The fourth-order valence-electron chi connectivity index (χ4n) is 0.959. The molecule has 0 fully saturated rings. The maximum atomic E-state index is 11.1. The van der Waals surface area contributed by atoms with E-state index in [2.05, 4.69) is 5.32 Å². The van der Waals surface area contributed by atoms with Crippen molar-refractivity contribution in [2.75, 3.05) is 0 Å². The molecular weight excluding hydrogens is 154 g/mol. The number of imide groups is 1. The molecule has 0 atom stereocenters. The van der Waals surface area contributed by atoms with Crippen LogP contribution in [0, 0.1) is 6.92 Å². The zero-order valence-electron chi connectivity index (χ0n) is 6.70. The van der Waals surface area contributed by atoms with E-state index in [0.717, 1.165) is 5.56 Å². The largest absolute Gasteiger partial charge is 0.295 e. The molecule has 3 nitrogen and oxygen atoms in total. The molecule has 1 aromatic rings. The standard InChI is InChI=1S/C9H9NO2/c1-7-4-2-3-5-8(7)9(12)10-6-11/h2-6H,1H3,(H,10,11,12). The third-order valence-corrected chi connectivity index (χ3v) is 1.58. The van der Waals surface area contributed by atoms with Gasteiger partial charge in [0.2, 0.25) is 6.41 Å². The fourth-order valence-corrected chi connectivity index (χ4v) is 0.959. The highest BCUT2D eigenvalue weighted by Crippen LogP contribution is 2.05. The lowest BCUT2D eigenvalue weighted by Crippen LogP contribution is -2.21. The van der Waals surface area contributed by atoms with Gasteiger partial charge in [-0.25, -0.2) is 0 Å². The molecule has 0 aliphatic heterocycles. The normalized spacial score (nSPS) is 9.08. The van der Waals surface area contributed by atoms with E-state index in [4.69, 9.17) is 0 Å². The van der Waals surface area contributed by atoms with Gasteiger partial charge in [0.15, 0.2) is 0 Å². The van der Waals surface area contributed by atoms with E-state index < -0.39 is 0 Å². The lowest BCUT2D eigenvalue weighted by Gasteiger charge is -2.01. The molecule has 0 aliphatic carbocycles. The molecule has 0 aliphatic rings. The summed E-state index contributed by atoms with van der Waals surface area (Å²) in [5, 5.41) is 2.08. The van der Waals surface area contributed by atoms with Crippen LogP contribution in [-0.4, -0.2) is 12.3 Å². The van der Waals surface area contributed by atoms with E-state index >= 15 is 0 Å². The summed E-state index contributed by atoms with van der Waals surface area (Å²) < 4.78 is 0. The molecule has 1 aromatic carbocycles. The van der Waals surface area contributed by atoms with Crippen molar-refractivity contribution in [3.05, 3.63) is 35.4 Å². The first-order chi connectivity index (χ1) is 5.75. The smallest absolute Gasteiger partial charge is 0.257 e. The summed E-state index contributed by atoms with van der Waals surface area (Å²) in [6.45, 7) is 1.82. The molecule has 62 valence electrons. The van der Waals surface area contributed by atoms with Crippen molar-refractivity contribution in [3.8, 4) is 0 Å². The van der Waals surface area contributed by atoms with E-state index in [9.17, 15) is 9.59 Å². The van der Waals surface area contributed by atoms with Crippen LogP contribution in [0.2, 0.25) is 0 Å². The van der Waals surface area contributed by atoms with Crippen LogP contribution < -0.4 is 5.32 Å². The van der Waals surface area contributed by atoms with E-state index in [0.29, 0.717) is 12.0 Å². The summed E-state index contributed by atoms with van der Waals surface area (Å²) in [6, 6.07) is 7.09. The van der Waals surface area contributed by atoms with Crippen molar-refractivity contribution in [1.82, 2.24) is 5.32 Å². The van der Waals surface area contributed by atoms with Crippen LogP contribution in [0.1, 0.15) is 15.9 Å². The minimum atomic E-state index is -0.358. The van der Waals surface area contributed by atoms with Crippen LogP contribution in [0.5, 0.6) is 0 Å². The molecule has 0 radical (unpaired) electrons. The molecule has 3 heteroatoms. The van der Waals surface area contributed by atoms with Crippen LogP contribution in [0.25, 0.3) is 0 Å². The van der Waals surface area contributed by atoms with Gasteiger partial charge in [0.25, 0.3) is 5.91 Å². The predicted octanol–water partition coefficient (Wildman–Crippen LogP) is 0.881. The Labute approximate surface area is 70.4 Å². The maximum Gasteiger partial charge on any atom is 0.257 e. The van der Waals surface area contributed by atoms with Gasteiger partial charge < -0.3 is 0 Å². The summed E-state index contributed by atoms with van der Waals surface area (Å²) in [7, 11) is 0. The fraction of sp³-hybridized carbons (Fsp3) is 0.111. The van der Waals surface area contributed by atoms with Crippen molar-refractivity contribution in [1.29, 1.82) is 0 Å². The second kappa shape index (κ2) is 3.67. The van der Waals surface area contributed by atoms with E-state index in [1.807, 2.05) is 19.1 Å². The van der Waals surface area contributed by atoms with Gasteiger partial charge in [0, 0.05) is 5.56 Å². The second-order valence-corrected chi connectivity index (χ2v) is 2.41. The highest BCUT2D eigenvalue weighted by molar-refractivity contribution is 6.00. The summed E-state index contributed by atoms with van der Waals surface area (Å²) in [5.74, 6) is -0.358. The van der Waals surface area contributed by atoms with Crippen molar-refractivity contribution in [3.63, 3.8) is 0 Å². The average Bonchev–Trinajstić information content (AvgIpc) is 2.05. The van der Waals surface area contributed by atoms with Gasteiger partial charge >= 0.3 is 0 Å². The molecule has 0 heterocycles. The molecule has 2 amide bonds. The Morgan fingerprint density at radius 3 is 2.67 bits per heavy atom. The topological polar surface area (TPSA) is 46.2 Å². The third-order valence-electron chi connectivity index (χ3n) is 1.58. The third kappa shape index (κ3) is 1.69.